The molecule has 0 fully saturated rings. The maximum atomic E-state index is 12.1. The zero-order valence-corrected chi connectivity index (χ0v) is 19.8. The van der Waals surface area contributed by atoms with E-state index in [2.05, 4.69) is 16.5 Å². The third-order valence-electron chi connectivity index (χ3n) is 6.12. The average Bonchev–Trinajstić information content (AvgIpc) is 3.26. The number of aromatic nitrogens is 4. The molecule has 7 nitrogen and oxygen atoms in total. The number of nitrogens with zero attached hydrogens (tertiary/aromatic N) is 4. The zero-order chi connectivity index (χ0) is 24.7. The van der Waals surface area contributed by atoms with Gasteiger partial charge in [-0.1, -0.05) is 29.8 Å². The van der Waals surface area contributed by atoms with Crippen LogP contribution >= 0.6 is 11.6 Å². The molecule has 0 saturated heterocycles. The normalized spacial score (nSPS) is 12.1. The highest BCUT2D eigenvalue weighted by Gasteiger charge is 2.19. The van der Waals surface area contributed by atoms with Crippen LogP contribution in [0.4, 0.5) is 0 Å². The number of aryl methyl sites for hydroxylation is 1. The second-order valence-corrected chi connectivity index (χ2v) is 8.75. The average molecular weight is 485 g/mol. The highest BCUT2D eigenvalue weighted by Crippen LogP contribution is 2.35. The van der Waals surface area contributed by atoms with Crippen molar-refractivity contribution in [1.29, 1.82) is 0 Å². The molecule has 35 heavy (non-hydrogen) atoms. The summed E-state index contributed by atoms with van der Waals surface area (Å²) in [5.41, 5.74) is 5.84. The highest BCUT2D eigenvalue weighted by molar-refractivity contribution is 6.30. The largest absolute Gasteiger partial charge is 0.478 e. The Morgan fingerprint density at radius 1 is 1.00 bits per heavy atom. The minimum Gasteiger partial charge on any atom is -0.478 e. The Bertz CT molecular complexity index is 1600. The molecular formula is C27H21ClN4O3. The molecule has 0 spiro atoms. The number of rotatable bonds is 5. The van der Waals surface area contributed by atoms with E-state index in [-0.39, 0.29) is 22.2 Å². The van der Waals surface area contributed by atoms with Crippen molar-refractivity contribution >= 4 is 28.6 Å². The first-order chi connectivity index (χ1) is 16.8. The molecule has 1 aromatic carbocycles. The van der Waals surface area contributed by atoms with E-state index in [1.54, 1.807) is 56.0 Å². The van der Waals surface area contributed by atoms with E-state index in [4.69, 9.17) is 16.6 Å². The summed E-state index contributed by atoms with van der Waals surface area (Å²) < 4.78 is 3.56. The van der Waals surface area contributed by atoms with Gasteiger partial charge in [0.2, 0.25) is 0 Å². The lowest BCUT2D eigenvalue weighted by Crippen LogP contribution is -2.16. The van der Waals surface area contributed by atoms with Gasteiger partial charge in [-0.3, -0.25) is 14.8 Å². The molecule has 5 aromatic rings. The quantitative estimate of drug-likeness (QED) is 0.359. The van der Waals surface area contributed by atoms with Gasteiger partial charge >= 0.3 is 5.97 Å². The standard InChI is InChI=1S/C27H21ClN4O3/c1-16(23-5-3-4-10-29-23)32-15-21(17-6-8-18(9-7-17)27(34)35)25-24(32)12-19(13-30-25)20-11-22(28)26(33)31(2)14-20/h3-16H,1-2H3,(H,34,35). The maximum Gasteiger partial charge on any atom is 0.335 e. The van der Waals surface area contributed by atoms with Gasteiger partial charge in [0.1, 0.15) is 5.02 Å². The number of aromatic carboxylic acids is 1. The summed E-state index contributed by atoms with van der Waals surface area (Å²) in [7, 11) is 1.66. The lowest BCUT2D eigenvalue weighted by Gasteiger charge is -2.15. The number of carbonyl (C=O) groups is 1. The monoisotopic (exact) mass is 484 g/mol. The van der Waals surface area contributed by atoms with Crippen LogP contribution in [0.3, 0.4) is 0 Å². The molecule has 5 rings (SSSR count). The van der Waals surface area contributed by atoms with E-state index in [1.807, 2.05) is 30.5 Å². The van der Waals surface area contributed by atoms with E-state index in [9.17, 15) is 14.7 Å². The summed E-state index contributed by atoms with van der Waals surface area (Å²) in [4.78, 5) is 32.7. The van der Waals surface area contributed by atoms with Gasteiger partial charge in [-0.05, 0) is 48.9 Å². The van der Waals surface area contributed by atoms with Crippen LogP contribution in [-0.2, 0) is 7.05 Å². The lowest BCUT2D eigenvalue weighted by molar-refractivity contribution is 0.0697. The van der Waals surface area contributed by atoms with Crippen molar-refractivity contribution in [2.75, 3.05) is 0 Å². The molecule has 0 aliphatic rings. The first-order valence-corrected chi connectivity index (χ1v) is 11.3. The lowest BCUT2D eigenvalue weighted by atomic mass is 10.0. The number of hydrogen-bond acceptors (Lipinski definition) is 4. The van der Waals surface area contributed by atoms with Gasteiger partial charge in [0.25, 0.3) is 5.56 Å². The van der Waals surface area contributed by atoms with Crippen molar-refractivity contribution in [3.8, 4) is 22.3 Å². The molecule has 1 atom stereocenters. The molecule has 0 bridgehead atoms. The van der Waals surface area contributed by atoms with Gasteiger partial charge in [-0.15, -0.1) is 0 Å². The Hall–Kier alpha value is -4.23. The molecule has 0 aliphatic heterocycles. The van der Waals surface area contributed by atoms with Gasteiger partial charge in [0.15, 0.2) is 0 Å². The summed E-state index contributed by atoms with van der Waals surface area (Å²) in [5.74, 6) is -0.971. The van der Waals surface area contributed by atoms with Gasteiger partial charge in [0.05, 0.1) is 28.3 Å². The second-order valence-electron chi connectivity index (χ2n) is 8.35. The molecule has 0 amide bonds. The van der Waals surface area contributed by atoms with Crippen molar-refractivity contribution in [2.45, 2.75) is 13.0 Å². The predicted octanol–water partition coefficient (Wildman–Crippen LogP) is 5.42. The molecule has 0 saturated carbocycles. The van der Waals surface area contributed by atoms with Crippen LogP contribution in [0.1, 0.15) is 29.0 Å². The van der Waals surface area contributed by atoms with Crippen molar-refractivity contribution in [3.05, 3.63) is 106 Å². The minimum absolute atomic E-state index is 0.0912. The number of benzene rings is 1. The van der Waals surface area contributed by atoms with E-state index in [1.165, 1.54) is 4.57 Å². The summed E-state index contributed by atoms with van der Waals surface area (Å²) in [6.45, 7) is 2.06. The summed E-state index contributed by atoms with van der Waals surface area (Å²) in [5, 5.41) is 9.40. The molecular weight excluding hydrogens is 464 g/mol. The molecule has 174 valence electrons. The number of pyridine rings is 3. The third-order valence-corrected chi connectivity index (χ3v) is 6.39. The smallest absolute Gasteiger partial charge is 0.335 e. The van der Waals surface area contributed by atoms with Gasteiger partial charge < -0.3 is 14.2 Å². The molecule has 1 unspecified atom stereocenters. The van der Waals surface area contributed by atoms with Crippen molar-refractivity contribution in [2.24, 2.45) is 7.05 Å². The molecule has 4 heterocycles. The summed E-state index contributed by atoms with van der Waals surface area (Å²) in [6.07, 6.45) is 7.27. The van der Waals surface area contributed by atoms with Crippen LogP contribution in [0.2, 0.25) is 5.02 Å². The fourth-order valence-corrected chi connectivity index (χ4v) is 4.45. The Morgan fingerprint density at radius 3 is 2.43 bits per heavy atom. The number of fused-ring (bicyclic) bond motifs is 1. The molecule has 0 aliphatic carbocycles. The second kappa shape index (κ2) is 8.85. The van der Waals surface area contributed by atoms with Crippen LogP contribution in [0, 0.1) is 0 Å². The molecule has 4 aromatic heterocycles. The van der Waals surface area contributed by atoms with Crippen LogP contribution in [-0.4, -0.2) is 30.2 Å². The summed E-state index contributed by atoms with van der Waals surface area (Å²) in [6, 6.07) is 16.1. The topological polar surface area (TPSA) is 90.0 Å². The number of hydrogen-bond donors (Lipinski definition) is 1. The number of carboxylic acids is 1. The van der Waals surface area contributed by atoms with Gasteiger partial charge in [-0.25, -0.2) is 4.79 Å². The third kappa shape index (κ3) is 4.11. The Kier molecular flexibility index (Phi) is 5.70. The van der Waals surface area contributed by atoms with Crippen molar-refractivity contribution in [3.63, 3.8) is 0 Å². The highest BCUT2D eigenvalue weighted by atomic mass is 35.5. The van der Waals surface area contributed by atoms with Crippen LogP contribution in [0.15, 0.2) is 84.2 Å². The molecule has 0 radical (unpaired) electrons. The van der Waals surface area contributed by atoms with Gasteiger partial charge in [0, 0.05) is 48.5 Å². The van der Waals surface area contributed by atoms with Crippen LogP contribution < -0.4 is 5.56 Å². The first kappa shape index (κ1) is 22.6. The summed E-state index contributed by atoms with van der Waals surface area (Å²) >= 11 is 6.16. The first-order valence-electron chi connectivity index (χ1n) is 11.0. The zero-order valence-electron chi connectivity index (χ0n) is 19.0. The van der Waals surface area contributed by atoms with Crippen molar-refractivity contribution < 1.29 is 9.90 Å². The van der Waals surface area contributed by atoms with E-state index in [0.29, 0.717) is 0 Å². The number of halogens is 1. The molecule has 8 heteroatoms. The van der Waals surface area contributed by atoms with Crippen molar-refractivity contribution in [1.82, 2.24) is 19.1 Å². The minimum atomic E-state index is -0.971. The molecule has 1 N–H and O–H groups in total. The Labute approximate surface area is 205 Å². The van der Waals surface area contributed by atoms with Crippen LogP contribution in [0.5, 0.6) is 0 Å². The fraction of sp³-hybridized carbons (Fsp3) is 0.111. The Morgan fingerprint density at radius 2 is 1.77 bits per heavy atom. The van der Waals surface area contributed by atoms with Gasteiger partial charge in [-0.2, -0.15) is 0 Å². The maximum absolute atomic E-state index is 12.1. The van der Waals surface area contributed by atoms with E-state index < -0.39 is 5.97 Å². The SMILES string of the molecule is CC(c1ccccn1)n1cc(-c2ccc(C(=O)O)cc2)c2ncc(-c3cc(Cl)c(=O)n(C)c3)cc21. The van der Waals surface area contributed by atoms with Crippen LogP contribution in [0.25, 0.3) is 33.3 Å². The van der Waals surface area contributed by atoms with E-state index >= 15 is 0 Å². The predicted molar refractivity (Wildman–Crippen MR) is 136 cm³/mol. The Balaban J connectivity index is 1.72. The number of carboxylic acid groups (broad SMARTS) is 1. The fourth-order valence-electron chi connectivity index (χ4n) is 4.20. The van der Waals surface area contributed by atoms with E-state index in [0.717, 1.165) is 39.0 Å².